The molecule has 0 fully saturated rings. The predicted molar refractivity (Wildman–Crippen MR) is 68.7 cm³/mol. The zero-order chi connectivity index (χ0) is 11.7. The number of nitrogens with zero attached hydrogens (tertiary/aromatic N) is 1. The molecule has 0 spiro atoms. The minimum absolute atomic E-state index is 0.723. The van der Waals surface area contributed by atoms with Gasteiger partial charge in [0.15, 0.2) is 0 Å². The highest BCUT2D eigenvalue weighted by Crippen LogP contribution is 2.27. The molecule has 0 aliphatic heterocycles. The van der Waals surface area contributed by atoms with Gasteiger partial charge in [-0.15, -0.1) is 0 Å². The Morgan fingerprint density at radius 2 is 2.19 bits per heavy atom. The van der Waals surface area contributed by atoms with Crippen molar-refractivity contribution in [3.63, 3.8) is 0 Å². The minimum atomic E-state index is 0.723. The van der Waals surface area contributed by atoms with E-state index in [4.69, 9.17) is 17.4 Å². The molecule has 4 heteroatoms. The van der Waals surface area contributed by atoms with Crippen LogP contribution < -0.4 is 11.3 Å². The Labute approximate surface area is 99.6 Å². The van der Waals surface area contributed by atoms with E-state index < -0.39 is 0 Å². The minimum Gasteiger partial charge on any atom is -0.308 e. The molecule has 0 amide bonds. The van der Waals surface area contributed by atoms with Crippen molar-refractivity contribution in [2.45, 2.75) is 20.3 Å². The zero-order valence-electron chi connectivity index (χ0n) is 9.34. The van der Waals surface area contributed by atoms with E-state index in [1.807, 2.05) is 19.1 Å². The molecule has 0 atom stereocenters. The lowest BCUT2D eigenvalue weighted by Gasteiger charge is -2.10. The molecule has 0 bridgehead atoms. The number of hydrogen-bond acceptors (Lipinski definition) is 3. The fraction of sp³-hybridized carbons (Fsp3) is 0.250. The van der Waals surface area contributed by atoms with Crippen molar-refractivity contribution in [2.75, 3.05) is 5.43 Å². The van der Waals surface area contributed by atoms with Crippen LogP contribution in [0.15, 0.2) is 18.2 Å². The normalized spacial score (nSPS) is 10.8. The number of aromatic nitrogens is 1. The third-order valence-electron chi connectivity index (χ3n) is 2.77. The van der Waals surface area contributed by atoms with Gasteiger partial charge in [0, 0.05) is 10.4 Å². The number of hydrazine groups is 1. The maximum absolute atomic E-state index is 6.07. The SMILES string of the molecule is CCc1cc2ccc(Cl)c(C)c2nc1NN. The lowest BCUT2D eigenvalue weighted by Crippen LogP contribution is -2.11. The van der Waals surface area contributed by atoms with Crippen molar-refractivity contribution >= 4 is 28.3 Å². The summed E-state index contributed by atoms with van der Waals surface area (Å²) in [4.78, 5) is 4.50. The molecule has 0 unspecified atom stereocenters. The van der Waals surface area contributed by atoms with E-state index in [-0.39, 0.29) is 0 Å². The van der Waals surface area contributed by atoms with Gasteiger partial charge in [0.1, 0.15) is 5.82 Å². The summed E-state index contributed by atoms with van der Waals surface area (Å²) in [5, 5.41) is 1.82. The predicted octanol–water partition coefficient (Wildman–Crippen LogP) is 3.04. The number of benzene rings is 1. The highest BCUT2D eigenvalue weighted by molar-refractivity contribution is 6.32. The summed E-state index contributed by atoms with van der Waals surface area (Å²) >= 11 is 6.07. The van der Waals surface area contributed by atoms with Gasteiger partial charge in [0.2, 0.25) is 0 Å². The number of rotatable bonds is 2. The molecule has 16 heavy (non-hydrogen) atoms. The number of nitrogens with one attached hydrogen (secondary N) is 1. The van der Waals surface area contributed by atoms with E-state index >= 15 is 0 Å². The first-order valence-electron chi connectivity index (χ1n) is 5.22. The van der Waals surface area contributed by atoms with Crippen molar-refractivity contribution in [3.8, 4) is 0 Å². The van der Waals surface area contributed by atoms with Gasteiger partial charge in [-0.1, -0.05) is 24.6 Å². The van der Waals surface area contributed by atoms with Gasteiger partial charge in [0.25, 0.3) is 0 Å². The Bertz CT molecular complexity index is 537. The van der Waals surface area contributed by atoms with Crippen LogP contribution in [0.2, 0.25) is 5.02 Å². The number of hydrogen-bond donors (Lipinski definition) is 2. The maximum atomic E-state index is 6.07. The third kappa shape index (κ3) is 1.72. The smallest absolute Gasteiger partial charge is 0.143 e. The molecule has 0 saturated heterocycles. The summed E-state index contributed by atoms with van der Waals surface area (Å²) in [6, 6.07) is 5.98. The monoisotopic (exact) mass is 235 g/mol. The zero-order valence-corrected chi connectivity index (χ0v) is 10.1. The highest BCUT2D eigenvalue weighted by Gasteiger charge is 2.08. The summed E-state index contributed by atoms with van der Waals surface area (Å²) in [6.45, 7) is 4.04. The summed E-state index contributed by atoms with van der Waals surface area (Å²) in [7, 11) is 0. The average molecular weight is 236 g/mol. The van der Waals surface area contributed by atoms with Crippen LogP contribution in [-0.2, 0) is 6.42 Å². The molecule has 0 saturated carbocycles. The Morgan fingerprint density at radius 3 is 2.81 bits per heavy atom. The molecule has 1 aromatic carbocycles. The number of nitrogens with two attached hydrogens (primary N) is 1. The summed E-state index contributed by atoms with van der Waals surface area (Å²) in [5.41, 5.74) is 5.62. The second-order valence-electron chi connectivity index (χ2n) is 3.74. The molecule has 3 nitrogen and oxygen atoms in total. The fourth-order valence-corrected chi connectivity index (χ4v) is 1.95. The quantitative estimate of drug-likeness (QED) is 0.621. The summed E-state index contributed by atoms with van der Waals surface area (Å²) in [6.07, 6.45) is 0.893. The van der Waals surface area contributed by atoms with Crippen LogP contribution >= 0.6 is 11.6 Å². The molecule has 0 aliphatic carbocycles. The van der Waals surface area contributed by atoms with Crippen LogP contribution in [0.5, 0.6) is 0 Å². The van der Waals surface area contributed by atoms with Gasteiger partial charge in [-0.05, 0) is 36.6 Å². The van der Waals surface area contributed by atoms with E-state index in [1.54, 1.807) is 0 Å². The van der Waals surface area contributed by atoms with Crippen LogP contribution in [0.3, 0.4) is 0 Å². The first kappa shape index (κ1) is 11.2. The van der Waals surface area contributed by atoms with Crippen LogP contribution in [-0.4, -0.2) is 4.98 Å². The van der Waals surface area contributed by atoms with Crippen molar-refractivity contribution in [3.05, 3.63) is 34.3 Å². The van der Waals surface area contributed by atoms with Crippen molar-refractivity contribution in [1.82, 2.24) is 4.98 Å². The van der Waals surface area contributed by atoms with Crippen molar-refractivity contribution < 1.29 is 0 Å². The summed E-state index contributed by atoms with van der Waals surface area (Å²) < 4.78 is 0. The van der Waals surface area contributed by atoms with Crippen LogP contribution in [0, 0.1) is 6.92 Å². The Morgan fingerprint density at radius 1 is 1.44 bits per heavy atom. The summed E-state index contributed by atoms with van der Waals surface area (Å²) in [5.74, 6) is 6.18. The Balaban J connectivity index is 2.78. The van der Waals surface area contributed by atoms with Gasteiger partial charge in [0.05, 0.1) is 5.52 Å². The molecular weight excluding hydrogens is 222 g/mol. The van der Waals surface area contributed by atoms with Gasteiger partial charge in [-0.25, -0.2) is 10.8 Å². The number of aryl methyl sites for hydroxylation is 2. The largest absolute Gasteiger partial charge is 0.308 e. The second-order valence-corrected chi connectivity index (χ2v) is 4.15. The van der Waals surface area contributed by atoms with Gasteiger partial charge in [-0.2, -0.15) is 0 Å². The molecule has 0 radical (unpaired) electrons. The molecule has 3 N–H and O–H groups in total. The third-order valence-corrected chi connectivity index (χ3v) is 3.18. The lowest BCUT2D eigenvalue weighted by atomic mass is 10.1. The molecular formula is C12H14ClN3. The number of halogens is 1. The highest BCUT2D eigenvalue weighted by atomic mass is 35.5. The van der Waals surface area contributed by atoms with E-state index in [0.717, 1.165) is 39.3 Å². The van der Waals surface area contributed by atoms with Crippen LogP contribution in [0.1, 0.15) is 18.1 Å². The molecule has 2 aromatic rings. The molecule has 84 valence electrons. The number of pyridine rings is 1. The Kier molecular flexibility index (Phi) is 2.99. The van der Waals surface area contributed by atoms with E-state index in [0.29, 0.717) is 0 Å². The fourth-order valence-electron chi connectivity index (χ4n) is 1.80. The molecule has 1 aromatic heterocycles. The number of anilines is 1. The van der Waals surface area contributed by atoms with Gasteiger partial charge < -0.3 is 5.43 Å². The molecule has 2 rings (SSSR count). The first-order chi connectivity index (χ1) is 7.67. The first-order valence-corrected chi connectivity index (χ1v) is 5.60. The van der Waals surface area contributed by atoms with E-state index in [9.17, 15) is 0 Å². The standard InChI is InChI=1S/C12H14ClN3/c1-3-8-6-9-4-5-10(13)7(2)11(9)15-12(8)16-14/h4-6H,3,14H2,1-2H3,(H,15,16). The van der Waals surface area contributed by atoms with Gasteiger partial charge in [-0.3, -0.25) is 0 Å². The maximum Gasteiger partial charge on any atom is 0.143 e. The van der Waals surface area contributed by atoms with E-state index in [2.05, 4.69) is 23.4 Å². The number of fused-ring (bicyclic) bond motifs is 1. The van der Waals surface area contributed by atoms with Crippen LogP contribution in [0.25, 0.3) is 10.9 Å². The van der Waals surface area contributed by atoms with Crippen molar-refractivity contribution in [2.24, 2.45) is 5.84 Å². The molecule has 1 heterocycles. The van der Waals surface area contributed by atoms with E-state index in [1.165, 1.54) is 0 Å². The lowest BCUT2D eigenvalue weighted by molar-refractivity contribution is 1.10. The average Bonchev–Trinajstić information content (AvgIpc) is 2.32. The van der Waals surface area contributed by atoms with Crippen molar-refractivity contribution in [1.29, 1.82) is 0 Å². The Hall–Kier alpha value is -1.32. The molecule has 0 aliphatic rings. The number of nitrogen functional groups attached to an aromatic ring is 1. The van der Waals surface area contributed by atoms with Gasteiger partial charge >= 0.3 is 0 Å². The topological polar surface area (TPSA) is 50.9 Å². The van der Waals surface area contributed by atoms with Crippen LogP contribution in [0.4, 0.5) is 5.82 Å². The second kappa shape index (κ2) is 4.28.